The van der Waals surface area contributed by atoms with Gasteiger partial charge in [-0.3, -0.25) is 18.0 Å². The molecule has 0 unspecified atom stereocenters. The summed E-state index contributed by atoms with van der Waals surface area (Å²) in [4.78, 5) is 29.0. The van der Waals surface area contributed by atoms with Gasteiger partial charge in [0.05, 0.1) is 57.0 Å². The lowest BCUT2D eigenvalue weighted by atomic mass is 9.98. The van der Waals surface area contributed by atoms with Crippen molar-refractivity contribution in [1.29, 1.82) is 0 Å². The van der Waals surface area contributed by atoms with Crippen molar-refractivity contribution in [1.82, 2.24) is 29.7 Å². The van der Waals surface area contributed by atoms with Crippen molar-refractivity contribution in [3.05, 3.63) is 52.9 Å². The first-order valence-electron chi connectivity index (χ1n) is 17.4. The fraction of sp³-hybridized carbons (Fsp3) is 0.500. The van der Waals surface area contributed by atoms with Gasteiger partial charge in [-0.2, -0.15) is 4.98 Å². The van der Waals surface area contributed by atoms with E-state index in [2.05, 4.69) is 102 Å². The minimum Gasteiger partial charge on any atom is -0.494 e. The van der Waals surface area contributed by atoms with Crippen LogP contribution in [0.25, 0.3) is 11.0 Å². The highest BCUT2D eigenvalue weighted by Gasteiger charge is 2.31. The van der Waals surface area contributed by atoms with Gasteiger partial charge in [-0.1, -0.05) is 11.9 Å². The smallest absolute Gasteiger partial charge is 0.231 e. The highest BCUT2D eigenvalue weighted by atomic mass is 127. The van der Waals surface area contributed by atoms with E-state index in [4.69, 9.17) is 19.7 Å². The minimum absolute atomic E-state index is 0.585. The van der Waals surface area contributed by atoms with Gasteiger partial charge in [-0.05, 0) is 84.8 Å². The average Bonchev–Trinajstić information content (AvgIpc) is 3.98. The molecule has 0 atom stereocenters. The van der Waals surface area contributed by atoms with Crippen molar-refractivity contribution in [2.75, 3.05) is 91.0 Å². The first-order valence-corrected chi connectivity index (χ1v) is 20.3. The summed E-state index contributed by atoms with van der Waals surface area (Å²) in [6.07, 6.45) is 13.5. The summed E-state index contributed by atoms with van der Waals surface area (Å²) in [5.41, 5.74) is 7.28. The first-order chi connectivity index (χ1) is 24.2. The summed E-state index contributed by atoms with van der Waals surface area (Å²) in [6.45, 7) is 6.87. The minimum atomic E-state index is 0.585. The van der Waals surface area contributed by atoms with Crippen LogP contribution < -0.4 is 22.0 Å². The molecule has 266 valence electrons. The molecule has 0 N–H and O–H groups in total. The van der Waals surface area contributed by atoms with Crippen LogP contribution in [-0.2, 0) is 6.42 Å². The molecule has 11 nitrogen and oxygen atoms in total. The van der Waals surface area contributed by atoms with E-state index < -0.39 is 0 Å². The molecule has 1 saturated carbocycles. The maximum absolute atomic E-state index is 6.11. The largest absolute Gasteiger partial charge is 0.494 e. The van der Waals surface area contributed by atoms with Gasteiger partial charge in [0.15, 0.2) is 5.82 Å². The molecule has 4 aromatic rings. The Bertz CT molecular complexity index is 1820. The molecular formula is C36H46BrIN10OS. The number of benzene rings is 2. The second kappa shape index (κ2) is 15.5. The van der Waals surface area contributed by atoms with E-state index in [9.17, 15) is 0 Å². The quantitative estimate of drug-likeness (QED) is 0.0861. The fourth-order valence-electron chi connectivity index (χ4n) is 7.22. The Balaban J connectivity index is 1.18. The zero-order valence-corrected chi connectivity index (χ0v) is 34.1. The van der Waals surface area contributed by atoms with E-state index in [0.29, 0.717) is 12.0 Å². The van der Waals surface area contributed by atoms with Crippen LogP contribution in [0.2, 0.25) is 0 Å². The van der Waals surface area contributed by atoms with E-state index in [1.807, 2.05) is 26.4 Å². The lowest BCUT2D eigenvalue weighted by Gasteiger charge is -2.43. The number of methoxy groups -OCH3 is 1. The van der Waals surface area contributed by atoms with Gasteiger partial charge >= 0.3 is 0 Å². The number of ether oxygens (including phenoxy) is 1. The second-order valence-electron chi connectivity index (χ2n) is 13.6. The van der Waals surface area contributed by atoms with Crippen LogP contribution in [-0.4, -0.2) is 110 Å². The Labute approximate surface area is 322 Å². The summed E-state index contributed by atoms with van der Waals surface area (Å²) in [6, 6.07) is 9.36. The number of halogens is 2. The zero-order valence-electron chi connectivity index (χ0n) is 29.5. The maximum Gasteiger partial charge on any atom is 0.231 e. The van der Waals surface area contributed by atoms with Gasteiger partial charge in [0.25, 0.3) is 0 Å². The topological polar surface area (TPSA) is 80.2 Å². The number of fused-ring (bicyclic) bond motifs is 1. The number of likely N-dealkylation sites (N-methyl/N-ethyl adjacent to an activating group) is 1. The summed E-state index contributed by atoms with van der Waals surface area (Å²) in [7, 11) is 8.08. The number of piperazine rings is 1. The number of piperidine rings is 1. The number of hydrogen-bond donors (Lipinski definition) is 0. The zero-order chi connectivity index (χ0) is 34.9. The molecule has 3 fully saturated rings. The van der Waals surface area contributed by atoms with Crippen LogP contribution in [0.1, 0.15) is 31.2 Å². The average molecular weight is 874 g/mol. The molecular weight excluding hydrogens is 827 g/mol. The highest BCUT2D eigenvalue weighted by molar-refractivity contribution is 14.1. The van der Waals surface area contributed by atoms with E-state index >= 15 is 0 Å². The van der Waals surface area contributed by atoms with E-state index in [0.717, 1.165) is 69.6 Å². The van der Waals surface area contributed by atoms with Crippen molar-refractivity contribution >= 4 is 96.3 Å². The lowest BCUT2D eigenvalue weighted by molar-refractivity contribution is 0.0982. The number of aromatic nitrogens is 4. The molecule has 14 heteroatoms. The van der Waals surface area contributed by atoms with Gasteiger partial charge in [0, 0.05) is 96.0 Å². The summed E-state index contributed by atoms with van der Waals surface area (Å²) in [5, 5.41) is 0. The number of anilines is 6. The van der Waals surface area contributed by atoms with E-state index in [1.54, 1.807) is 31.5 Å². The molecule has 2 aromatic carbocycles. The Kier molecular flexibility index (Phi) is 11.1. The first kappa shape index (κ1) is 35.7. The van der Waals surface area contributed by atoms with Gasteiger partial charge in [0.2, 0.25) is 5.95 Å². The molecule has 3 aliphatic rings. The van der Waals surface area contributed by atoms with Gasteiger partial charge in [-0.15, -0.1) is 0 Å². The Morgan fingerprint density at radius 3 is 2.40 bits per heavy atom. The van der Waals surface area contributed by atoms with Crippen LogP contribution >= 0.6 is 50.7 Å². The summed E-state index contributed by atoms with van der Waals surface area (Å²) >= 11 is 7.69. The molecule has 2 saturated heterocycles. The van der Waals surface area contributed by atoms with Crippen LogP contribution in [0, 0.1) is 5.92 Å². The molecule has 0 amide bonds. The molecule has 2 aromatic heterocycles. The summed E-state index contributed by atoms with van der Waals surface area (Å²) < 4.78 is 11.1. The van der Waals surface area contributed by atoms with Crippen LogP contribution in [0.15, 0.2) is 47.3 Å². The second-order valence-corrected chi connectivity index (χ2v) is 16.3. The lowest BCUT2D eigenvalue weighted by Crippen LogP contribution is -2.52. The van der Waals surface area contributed by atoms with Crippen LogP contribution in [0.5, 0.6) is 5.75 Å². The normalized spacial score (nSPS) is 17.7. The van der Waals surface area contributed by atoms with Gasteiger partial charge in [0.1, 0.15) is 11.3 Å². The molecule has 4 heterocycles. The Hall–Kier alpha value is -2.66. The van der Waals surface area contributed by atoms with Crippen molar-refractivity contribution < 1.29 is 4.74 Å². The Morgan fingerprint density at radius 1 is 0.960 bits per heavy atom. The number of rotatable bonds is 11. The van der Waals surface area contributed by atoms with Gasteiger partial charge in [-0.25, -0.2) is 4.98 Å². The van der Waals surface area contributed by atoms with E-state index in [-0.39, 0.29) is 0 Å². The SMILES string of the molecule is COc1cc(N2CCC(N3CCN(C)CC3)CC2)c(CC2CC2)cc1N(C)c1ncc(Br)c(N(I)c2ccc3nccnc3c2N(C)SC)n1. The van der Waals surface area contributed by atoms with Crippen LogP contribution in [0.3, 0.4) is 0 Å². The number of hydrogen-bond acceptors (Lipinski definition) is 12. The molecule has 1 aliphatic carbocycles. The fourth-order valence-corrected chi connectivity index (χ4v) is 9.04. The van der Waals surface area contributed by atoms with E-state index in [1.165, 1.54) is 63.1 Å². The molecule has 2 aliphatic heterocycles. The molecule has 0 spiro atoms. The predicted octanol–water partition coefficient (Wildman–Crippen LogP) is 7.33. The number of nitrogens with zero attached hydrogens (tertiary/aromatic N) is 10. The van der Waals surface area contributed by atoms with Crippen molar-refractivity contribution in [3.63, 3.8) is 0 Å². The molecule has 0 bridgehead atoms. The Morgan fingerprint density at radius 2 is 1.70 bits per heavy atom. The monoisotopic (exact) mass is 872 g/mol. The standard InChI is InChI=1S/C36H46BrIN10OS/c1-43-16-18-46(19-17-43)26-10-14-47(15-11-26)30-22-32(49-4)31(21-25(30)20-24-6-7-24)44(2)36-41-23-27(37)35(42-36)48(38)29-9-8-28-33(40-13-12-39-28)34(29)45(3)50-5/h8-9,12-13,21-24,26H,6-7,10-11,14-20H2,1-5H3. The van der Waals surface area contributed by atoms with Crippen molar-refractivity contribution in [2.24, 2.45) is 5.92 Å². The third-order valence-electron chi connectivity index (χ3n) is 10.4. The van der Waals surface area contributed by atoms with Crippen LogP contribution in [0.4, 0.5) is 34.5 Å². The van der Waals surface area contributed by atoms with Crippen molar-refractivity contribution in [2.45, 2.75) is 38.1 Å². The maximum atomic E-state index is 6.11. The summed E-state index contributed by atoms with van der Waals surface area (Å²) in [5.74, 6) is 2.91. The molecule has 7 rings (SSSR count). The highest BCUT2D eigenvalue weighted by Crippen LogP contribution is 2.45. The molecule has 50 heavy (non-hydrogen) atoms. The molecule has 0 radical (unpaired) electrons. The predicted molar refractivity (Wildman–Crippen MR) is 219 cm³/mol. The third kappa shape index (κ3) is 7.46. The third-order valence-corrected chi connectivity index (χ3v) is 12.7. The van der Waals surface area contributed by atoms with Crippen molar-refractivity contribution in [3.8, 4) is 5.75 Å². The van der Waals surface area contributed by atoms with Gasteiger partial charge < -0.3 is 23.7 Å².